The van der Waals surface area contributed by atoms with Crippen molar-refractivity contribution in [3.05, 3.63) is 22.2 Å². The van der Waals surface area contributed by atoms with Crippen molar-refractivity contribution in [1.29, 1.82) is 0 Å². The maximum Gasteiger partial charge on any atom is 0.262 e. The third kappa shape index (κ3) is 2.70. The molecule has 0 radical (unpaired) electrons. The molecule has 0 spiro atoms. The number of ketones is 1. The zero-order valence-electron chi connectivity index (χ0n) is 11.6. The zero-order chi connectivity index (χ0) is 15.0. The lowest BCUT2D eigenvalue weighted by Crippen LogP contribution is -2.27. The van der Waals surface area contributed by atoms with E-state index in [0.717, 1.165) is 12.8 Å². The van der Waals surface area contributed by atoms with Crippen LogP contribution in [0.2, 0.25) is 0 Å². The third-order valence-electron chi connectivity index (χ3n) is 3.92. The molecule has 2 unspecified atom stereocenters. The van der Waals surface area contributed by atoms with E-state index in [0.29, 0.717) is 28.1 Å². The maximum atomic E-state index is 12.7. The van der Waals surface area contributed by atoms with Crippen molar-refractivity contribution in [3.8, 4) is 5.75 Å². The lowest BCUT2D eigenvalue weighted by molar-refractivity contribution is -0.118. The molecule has 0 saturated carbocycles. The van der Waals surface area contributed by atoms with Gasteiger partial charge in [0.25, 0.3) is 5.91 Å². The lowest BCUT2D eigenvalue weighted by Gasteiger charge is -2.21. The Hall–Kier alpha value is -1.40. The van der Waals surface area contributed by atoms with Gasteiger partial charge >= 0.3 is 0 Å². The van der Waals surface area contributed by atoms with Gasteiger partial charge in [-0.1, -0.05) is 6.92 Å². The molecule has 3 rings (SSSR count). The van der Waals surface area contributed by atoms with Crippen LogP contribution in [0.5, 0.6) is 5.75 Å². The van der Waals surface area contributed by atoms with Crippen LogP contribution in [-0.2, 0) is 9.53 Å². The number of nitrogens with one attached hydrogen (secondary N) is 1. The van der Waals surface area contributed by atoms with Gasteiger partial charge in [0.15, 0.2) is 12.4 Å². The molecule has 6 heteroatoms. The molecule has 1 saturated heterocycles. The highest BCUT2D eigenvalue weighted by Crippen LogP contribution is 2.36. The Morgan fingerprint density at radius 1 is 1.48 bits per heavy atom. The molecule has 1 amide bonds. The van der Waals surface area contributed by atoms with Crippen molar-refractivity contribution >= 4 is 33.3 Å². The molecule has 2 aliphatic heterocycles. The van der Waals surface area contributed by atoms with Gasteiger partial charge in [-0.3, -0.25) is 9.59 Å². The van der Waals surface area contributed by atoms with Crippen LogP contribution >= 0.6 is 15.9 Å². The van der Waals surface area contributed by atoms with E-state index in [-0.39, 0.29) is 30.3 Å². The highest BCUT2D eigenvalue weighted by Gasteiger charge is 2.34. The molecule has 0 aromatic heterocycles. The first-order valence-electron chi connectivity index (χ1n) is 7.02. The molecule has 1 aromatic rings. The summed E-state index contributed by atoms with van der Waals surface area (Å²) in [5.41, 5.74) is 1.17. The van der Waals surface area contributed by atoms with Gasteiger partial charge in [-0.05, 0) is 40.9 Å². The topological polar surface area (TPSA) is 64.6 Å². The van der Waals surface area contributed by atoms with E-state index in [4.69, 9.17) is 9.47 Å². The number of halogens is 1. The van der Waals surface area contributed by atoms with Crippen LogP contribution in [0.15, 0.2) is 16.6 Å². The number of hydrogen-bond acceptors (Lipinski definition) is 4. The van der Waals surface area contributed by atoms with E-state index in [9.17, 15) is 9.59 Å². The van der Waals surface area contributed by atoms with Gasteiger partial charge < -0.3 is 14.8 Å². The molecule has 2 atom stereocenters. The number of carbonyl (C=O) groups is 2. The first-order valence-corrected chi connectivity index (χ1v) is 7.81. The van der Waals surface area contributed by atoms with E-state index in [1.165, 1.54) is 0 Å². The summed E-state index contributed by atoms with van der Waals surface area (Å²) in [5, 5.41) is 2.73. The molecule has 0 bridgehead atoms. The predicted octanol–water partition coefficient (Wildman–Crippen LogP) is 2.78. The third-order valence-corrected chi connectivity index (χ3v) is 4.57. The van der Waals surface area contributed by atoms with Crippen LogP contribution in [-0.4, -0.2) is 31.0 Å². The minimum atomic E-state index is -0.191. The van der Waals surface area contributed by atoms with Gasteiger partial charge in [0.2, 0.25) is 0 Å². The Bertz CT molecular complexity index is 602. The monoisotopic (exact) mass is 353 g/mol. The summed E-state index contributed by atoms with van der Waals surface area (Å²) >= 11 is 3.42. The molecule has 2 heterocycles. The van der Waals surface area contributed by atoms with Gasteiger partial charge in [-0.2, -0.15) is 0 Å². The van der Waals surface area contributed by atoms with Crippen LogP contribution in [0.1, 0.15) is 30.1 Å². The van der Waals surface area contributed by atoms with E-state index in [2.05, 4.69) is 21.2 Å². The van der Waals surface area contributed by atoms with Crippen LogP contribution in [0.25, 0.3) is 0 Å². The predicted molar refractivity (Wildman–Crippen MR) is 80.7 cm³/mol. The van der Waals surface area contributed by atoms with Crippen LogP contribution < -0.4 is 10.1 Å². The number of Topliss-reactive ketones (excluding diaryl/α,β-unsaturated/α-hetero) is 1. The second kappa shape index (κ2) is 5.77. The number of benzene rings is 1. The molecule has 2 aliphatic rings. The molecule has 112 valence electrons. The molecular weight excluding hydrogens is 338 g/mol. The Morgan fingerprint density at radius 2 is 2.29 bits per heavy atom. The van der Waals surface area contributed by atoms with Gasteiger partial charge in [0, 0.05) is 16.6 Å². The van der Waals surface area contributed by atoms with Crippen molar-refractivity contribution in [1.82, 2.24) is 0 Å². The van der Waals surface area contributed by atoms with E-state index in [1.54, 1.807) is 12.1 Å². The highest BCUT2D eigenvalue weighted by atomic mass is 79.9. The van der Waals surface area contributed by atoms with Crippen molar-refractivity contribution in [2.75, 3.05) is 18.5 Å². The van der Waals surface area contributed by atoms with Crippen molar-refractivity contribution in [3.63, 3.8) is 0 Å². The highest BCUT2D eigenvalue weighted by molar-refractivity contribution is 9.10. The second-order valence-electron chi connectivity index (χ2n) is 5.24. The number of rotatable bonds is 3. The number of carbonyl (C=O) groups excluding carboxylic acids is 2. The first-order chi connectivity index (χ1) is 10.1. The summed E-state index contributed by atoms with van der Waals surface area (Å²) in [5.74, 6) is 0.300. The normalized spacial score (nSPS) is 24.2. The SMILES string of the molecule is CCC1OCCC1C(=O)c1cc2c(cc1Br)NC(=O)CO2. The summed E-state index contributed by atoms with van der Waals surface area (Å²) < 4.78 is 11.6. The average molecular weight is 354 g/mol. The zero-order valence-corrected chi connectivity index (χ0v) is 13.2. The summed E-state index contributed by atoms with van der Waals surface area (Å²) in [6, 6.07) is 3.42. The molecule has 5 nitrogen and oxygen atoms in total. The Morgan fingerprint density at radius 3 is 3.05 bits per heavy atom. The standard InChI is InChI=1S/C15H16BrNO4/c1-2-12-8(3-4-20-12)15(19)9-5-13-11(6-10(9)16)17-14(18)7-21-13/h5-6,8,12H,2-4,7H2,1H3,(H,17,18). The van der Waals surface area contributed by atoms with Crippen LogP contribution in [0.4, 0.5) is 5.69 Å². The minimum absolute atomic E-state index is 0.0129. The number of hydrogen-bond donors (Lipinski definition) is 1. The van der Waals surface area contributed by atoms with Gasteiger partial charge in [0.05, 0.1) is 17.7 Å². The van der Waals surface area contributed by atoms with E-state index < -0.39 is 0 Å². The number of fused-ring (bicyclic) bond motifs is 1. The molecule has 1 N–H and O–H groups in total. The fraction of sp³-hybridized carbons (Fsp3) is 0.467. The van der Waals surface area contributed by atoms with Gasteiger partial charge in [0.1, 0.15) is 5.75 Å². The summed E-state index contributed by atoms with van der Waals surface area (Å²) in [6.07, 6.45) is 1.56. The van der Waals surface area contributed by atoms with Crippen molar-refractivity contribution in [2.24, 2.45) is 5.92 Å². The minimum Gasteiger partial charge on any atom is -0.482 e. The molecule has 0 aliphatic carbocycles. The molecular formula is C15H16BrNO4. The fourth-order valence-electron chi connectivity index (χ4n) is 2.84. The first kappa shape index (κ1) is 14.5. The Labute approximate surface area is 131 Å². The largest absolute Gasteiger partial charge is 0.482 e. The summed E-state index contributed by atoms with van der Waals surface area (Å²) in [7, 11) is 0. The lowest BCUT2D eigenvalue weighted by atomic mass is 9.90. The second-order valence-corrected chi connectivity index (χ2v) is 6.10. The fourth-order valence-corrected chi connectivity index (χ4v) is 3.38. The molecule has 21 heavy (non-hydrogen) atoms. The Balaban J connectivity index is 1.92. The maximum absolute atomic E-state index is 12.7. The van der Waals surface area contributed by atoms with Crippen molar-refractivity contribution in [2.45, 2.75) is 25.9 Å². The Kier molecular flexibility index (Phi) is 3.99. The summed E-state index contributed by atoms with van der Waals surface area (Å²) in [6.45, 7) is 2.63. The average Bonchev–Trinajstić information content (AvgIpc) is 2.94. The van der Waals surface area contributed by atoms with E-state index in [1.807, 2.05) is 6.92 Å². The smallest absolute Gasteiger partial charge is 0.262 e. The molecule has 1 fully saturated rings. The van der Waals surface area contributed by atoms with Gasteiger partial charge in [-0.15, -0.1) is 0 Å². The van der Waals surface area contributed by atoms with E-state index >= 15 is 0 Å². The van der Waals surface area contributed by atoms with Crippen molar-refractivity contribution < 1.29 is 19.1 Å². The van der Waals surface area contributed by atoms with Gasteiger partial charge in [-0.25, -0.2) is 0 Å². The number of anilines is 1. The van der Waals surface area contributed by atoms with Crippen LogP contribution in [0, 0.1) is 5.92 Å². The van der Waals surface area contributed by atoms with Crippen LogP contribution in [0.3, 0.4) is 0 Å². The quantitative estimate of drug-likeness (QED) is 0.848. The number of ether oxygens (including phenoxy) is 2. The molecule has 1 aromatic carbocycles. The summed E-state index contributed by atoms with van der Waals surface area (Å²) in [4.78, 5) is 24.0. The number of amides is 1.